The number of hydrogen-bond donors (Lipinski definition) is 2. The highest BCUT2D eigenvalue weighted by Gasteiger charge is 2.52. The first-order valence-corrected chi connectivity index (χ1v) is 11.4. The number of nitrogens with zero attached hydrogens (tertiary/aromatic N) is 4. The van der Waals surface area contributed by atoms with Crippen molar-refractivity contribution in [2.45, 2.75) is 43.8 Å². The number of aromatic nitrogens is 4. The van der Waals surface area contributed by atoms with Gasteiger partial charge in [0, 0.05) is 24.8 Å². The van der Waals surface area contributed by atoms with Crippen molar-refractivity contribution < 1.29 is 23.1 Å². The van der Waals surface area contributed by atoms with E-state index in [1.165, 1.54) is 30.5 Å². The normalized spacial score (nSPS) is 26.3. The molecular weight excluding hydrogens is 471 g/mol. The van der Waals surface area contributed by atoms with E-state index in [1.807, 2.05) is 0 Å². The molecule has 2 unspecified atom stereocenters. The lowest BCUT2D eigenvalue weighted by Gasteiger charge is -2.25. The Bertz CT molecular complexity index is 1230. The third-order valence-electron chi connectivity index (χ3n) is 7.12. The maximum absolute atomic E-state index is 13.4. The van der Waals surface area contributed by atoms with Crippen LogP contribution < -0.4 is 5.32 Å². The fourth-order valence-corrected chi connectivity index (χ4v) is 5.90. The molecule has 180 valence electrons. The number of benzene rings is 1. The minimum absolute atomic E-state index is 0.00156. The summed E-state index contributed by atoms with van der Waals surface area (Å²) < 4.78 is 42.3. The molecule has 2 atom stereocenters. The van der Waals surface area contributed by atoms with Crippen molar-refractivity contribution in [3.05, 3.63) is 64.7 Å². The molecule has 0 bridgehead atoms. The Morgan fingerprint density at radius 1 is 1.26 bits per heavy atom. The molecule has 2 aliphatic rings. The molecule has 2 N–H and O–H groups in total. The van der Waals surface area contributed by atoms with Gasteiger partial charge >= 0.3 is 6.55 Å². The van der Waals surface area contributed by atoms with Crippen molar-refractivity contribution in [3.63, 3.8) is 0 Å². The highest BCUT2D eigenvalue weighted by molar-refractivity contribution is 6.31. The molecular formula is C23H23ClF3N5O2. The average Bonchev–Trinajstić information content (AvgIpc) is 3.52. The lowest BCUT2D eigenvalue weighted by atomic mass is 9.90. The Kier molecular flexibility index (Phi) is 5.68. The standard InChI is InChI=1S/C23H23ClF3N5O2/c1-31-11-28-19(20(31)21(33)30-15-2-3-17(25)16(24)8-15)12-6-13-9-23(34,10-14(13)7-12)18-4-5-29-32(18)22(26)27/h2-5,8,11-14,22,34H,6-7,9-10H2,1H3,(H,30,33). The summed E-state index contributed by atoms with van der Waals surface area (Å²) >= 11 is 5.82. The van der Waals surface area contributed by atoms with E-state index in [4.69, 9.17) is 11.6 Å². The van der Waals surface area contributed by atoms with E-state index in [1.54, 1.807) is 17.9 Å². The predicted octanol–water partition coefficient (Wildman–Crippen LogP) is 4.85. The van der Waals surface area contributed by atoms with Gasteiger partial charge in [-0.3, -0.25) is 4.79 Å². The molecule has 2 fully saturated rings. The van der Waals surface area contributed by atoms with E-state index in [0.717, 1.165) is 0 Å². The van der Waals surface area contributed by atoms with Crippen LogP contribution in [0, 0.1) is 17.7 Å². The van der Waals surface area contributed by atoms with Gasteiger partial charge in [0.25, 0.3) is 5.91 Å². The largest absolute Gasteiger partial charge is 0.384 e. The Morgan fingerprint density at radius 3 is 2.62 bits per heavy atom. The fourth-order valence-electron chi connectivity index (χ4n) is 5.72. The van der Waals surface area contributed by atoms with Gasteiger partial charge in [-0.1, -0.05) is 11.6 Å². The minimum atomic E-state index is -2.81. The summed E-state index contributed by atoms with van der Waals surface area (Å²) in [6, 6.07) is 5.41. The van der Waals surface area contributed by atoms with Gasteiger partial charge in [-0.2, -0.15) is 13.9 Å². The molecule has 0 radical (unpaired) electrons. The number of alkyl halides is 2. The van der Waals surface area contributed by atoms with E-state index in [0.29, 0.717) is 47.4 Å². The van der Waals surface area contributed by atoms with Crippen LogP contribution >= 0.6 is 11.6 Å². The van der Waals surface area contributed by atoms with Crippen molar-refractivity contribution in [1.82, 2.24) is 19.3 Å². The van der Waals surface area contributed by atoms with E-state index >= 15 is 0 Å². The monoisotopic (exact) mass is 493 g/mol. The van der Waals surface area contributed by atoms with E-state index in [9.17, 15) is 23.1 Å². The number of fused-ring (bicyclic) bond motifs is 1. The SMILES string of the molecule is Cn1cnc(C2CC3CC(O)(c4ccnn4C(F)F)CC3C2)c1C(=O)Nc1ccc(F)c(Cl)c1. The van der Waals surface area contributed by atoms with Gasteiger partial charge in [0.05, 0.1) is 22.7 Å². The molecule has 3 aromatic rings. The van der Waals surface area contributed by atoms with Crippen LogP contribution in [0.2, 0.25) is 5.02 Å². The Labute approximate surface area is 198 Å². The molecule has 0 spiro atoms. The molecule has 0 saturated heterocycles. The van der Waals surface area contributed by atoms with Crippen LogP contribution in [0.25, 0.3) is 0 Å². The molecule has 11 heteroatoms. The van der Waals surface area contributed by atoms with Crippen molar-refractivity contribution >= 4 is 23.2 Å². The van der Waals surface area contributed by atoms with Crippen molar-refractivity contribution in [1.29, 1.82) is 0 Å². The average molecular weight is 494 g/mol. The van der Waals surface area contributed by atoms with Crippen LogP contribution in [0.3, 0.4) is 0 Å². The number of carbonyl (C=O) groups excluding carboxylic acids is 1. The summed E-state index contributed by atoms with van der Waals surface area (Å²) in [5.74, 6) is -0.727. The molecule has 2 heterocycles. The first kappa shape index (κ1) is 22.9. The van der Waals surface area contributed by atoms with Gasteiger partial charge in [-0.25, -0.2) is 14.1 Å². The topological polar surface area (TPSA) is 85.0 Å². The number of carbonyl (C=O) groups is 1. The highest BCUT2D eigenvalue weighted by Crippen LogP contribution is 2.57. The number of amides is 1. The lowest BCUT2D eigenvalue weighted by Crippen LogP contribution is -2.27. The third kappa shape index (κ3) is 3.88. The van der Waals surface area contributed by atoms with Crippen LogP contribution in [-0.2, 0) is 12.6 Å². The smallest absolute Gasteiger partial charge is 0.333 e. The Balaban J connectivity index is 1.32. The zero-order chi connectivity index (χ0) is 24.2. The summed E-state index contributed by atoms with van der Waals surface area (Å²) in [6.07, 6.45) is 4.95. The van der Waals surface area contributed by atoms with Gasteiger partial charge in [-0.15, -0.1) is 0 Å². The van der Waals surface area contributed by atoms with Gasteiger partial charge in [0.1, 0.15) is 17.1 Å². The number of hydrogen-bond acceptors (Lipinski definition) is 4. The number of halogens is 4. The van der Waals surface area contributed by atoms with E-state index in [2.05, 4.69) is 15.4 Å². The number of imidazole rings is 1. The maximum atomic E-state index is 13.4. The summed E-state index contributed by atoms with van der Waals surface area (Å²) in [7, 11) is 1.73. The number of nitrogens with one attached hydrogen (secondary N) is 1. The second-order valence-electron chi connectivity index (χ2n) is 9.24. The summed E-state index contributed by atoms with van der Waals surface area (Å²) in [4.78, 5) is 17.5. The molecule has 34 heavy (non-hydrogen) atoms. The van der Waals surface area contributed by atoms with Crippen LogP contribution in [0.1, 0.15) is 60.0 Å². The quantitative estimate of drug-likeness (QED) is 0.532. The van der Waals surface area contributed by atoms with Crippen molar-refractivity contribution in [2.75, 3.05) is 5.32 Å². The van der Waals surface area contributed by atoms with Crippen LogP contribution in [0.4, 0.5) is 18.9 Å². The van der Waals surface area contributed by atoms with Gasteiger partial charge < -0.3 is 15.0 Å². The highest BCUT2D eigenvalue weighted by atomic mass is 35.5. The third-order valence-corrected chi connectivity index (χ3v) is 7.41. The van der Waals surface area contributed by atoms with Gasteiger partial charge in [0.2, 0.25) is 0 Å². The molecule has 2 aromatic heterocycles. The zero-order valence-corrected chi connectivity index (χ0v) is 19.0. The number of anilines is 1. The predicted molar refractivity (Wildman–Crippen MR) is 118 cm³/mol. The van der Waals surface area contributed by atoms with E-state index < -0.39 is 18.0 Å². The second-order valence-corrected chi connectivity index (χ2v) is 9.65. The number of aryl methyl sites for hydroxylation is 1. The van der Waals surface area contributed by atoms with E-state index in [-0.39, 0.29) is 34.4 Å². The molecule has 2 saturated carbocycles. The molecule has 5 rings (SSSR count). The second kappa shape index (κ2) is 8.42. The molecule has 1 amide bonds. The van der Waals surface area contributed by atoms with Crippen LogP contribution in [0.15, 0.2) is 36.8 Å². The Morgan fingerprint density at radius 2 is 1.97 bits per heavy atom. The summed E-state index contributed by atoms with van der Waals surface area (Å²) in [5, 5.41) is 17.5. The molecule has 1 aromatic carbocycles. The number of rotatable bonds is 5. The summed E-state index contributed by atoms with van der Waals surface area (Å²) in [6.45, 7) is -2.81. The number of aliphatic hydroxyl groups is 1. The van der Waals surface area contributed by atoms with Gasteiger partial charge in [-0.05, 0) is 61.8 Å². The van der Waals surface area contributed by atoms with Crippen molar-refractivity contribution in [3.8, 4) is 0 Å². The molecule has 7 nitrogen and oxygen atoms in total. The fraction of sp³-hybridized carbons (Fsp3) is 0.435. The molecule has 2 aliphatic carbocycles. The van der Waals surface area contributed by atoms with Gasteiger partial charge in [0.15, 0.2) is 0 Å². The minimum Gasteiger partial charge on any atom is -0.384 e. The van der Waals surface area contributed by atoms with Crippen LogP contribution in [0.5, 0.6) is 0 Å². The van der Waals surface area contributed by atoms with Crippen LogP contribution in [-0.4, -0.2) is 30.3 Å². The summed E-state index contributed by atoms with van der Waals surface area (Å²) in [5.41, 5.74) is 0.219. The lowest BCUT2D eigenvalue weighted by molar-refractivity contribution is -0.00352. The first-order chi connectivity index (χ1) is 16.2. The molecule has 0 aliphatic heterocycles. The first-order valence-electron chi connectivity index (χ1n) is 11.0. The zero-order valence-electron chi connectivity index (χ0n) is 18.3. The maximum Gasteiger partial charge on any atom is 0.333 e. The van der Waals surface area contributed by atoms with Crippen molar-refractivity contribution in [2.24, 2.45) is 18.9 Å². The Hall–Kier alpha value is -2.85.